The Bertz CT molecular complexity index is 431. The quantitative estimate of drug-likeness (QED) is 0.811. The molecule has 0 fully saturated rings. The van der Waals surface area contributed by atoms with E-state index in [4.69, 9.17) is 14.3 Å². The van der Waals surface area contributed by atoms with Gasteiger partial charge in [0.05, 0.1) is 6.61 Å². The first-order valence-corrected chi connectivity index (χ1v) is 4.60. The van der Waals surface area contributed by atoms with E-state index in [1.807, 2.05) is 31.2 Å². The van der Waals surface area contributed by atoms with Gasteiger partial charge in [-0.15, -0.1) is 0 Å². The van der Waals surface area contributed by atoms with Crippen molar-refractivity contribution in [2.24, 2.45) is 0 Å². The van der Waals surface area contributed by atoms with Gasteiger partial charge in [-0.2, -0.15) is 0 Å². The predicted molar refractivity (Wildman–Crippen MR) is 53.3 cm³/mol. The minimum Gasteiger partial charge on any atom is -0.490 e. The molecule has 0 aliphatic heterocycles. The molecule has 0 atom stereocenters. The molecule has 1 aromatic heterocycles. The maximum atomic E-state index is 8.92. The zero-order valence-electron chi connectivity index (χ0n) is 7.99. The third-order valence-electron chi connectivity index (χ3n) is 2.01. The smallest absolute Gasteiger partial charge is 0.176 e. The summed E-state index contributed by atoms with van der Waals surface area (Å²) in [5.41, 5.74) is 0.707. The highest BCUT2D eigenvalue weighted by atomic mass is 16.5. The molecule has 1 aromatic carbocycles. The molecular weight excluding hydrogens is 180 g/mol. The molecule has 0 aliphatic carbocycles. The molecular formula is C11H12O3. The van der Waals surface area contributed by atoms with E-state index in [1.165, 1.54) is 0 Å². The fourth-order valence-corrected chi connectivity index (χ4v) is 1.44. The molecule has 0 radical (unpaired) electrons. The van der Waals surface area contributed by atoms with Crippen molar-refractivity contribution >= 4 is 11.0 Å². The summed E-state index contributed by atoms with van der Waals surface area (Å²) in [5.74, 6) is 1.29. The summed E-state index contributed by atoms with van der Waals surface area (Å²) in [4.78, 5) is 0. The number of aliphatic hydroxyl groups excluding tert-OH is 1. The summed E-state index contributed by atoms with van der Waals surface area (Å²) in [6.07, 6.45) is 0. The minimum absolute atomic E-state index is 0.0831. The maximum absolute atomic E-state index is 8.92. The molecule has 1 N–H and O–H groups in total. The van der Waals surface area contributed by atoms with Gasteiger partial charge in [0.25, 0.3) is 0 Å². The number of fused-ring (bicyclic) bond motifs is 1. The average Bonchev–Trinajstić information content (AvgIpc) is 2.62. The summed E-state index contributed by atoms with van der Waals surface area (Å²) in [7, 11) is 0. The van der Waals surface area contributed by atoms with Crippen LogP contribution in [0, 0.1) is 0 Å². The van der Waals surface area contributed by atoms with Gasteiger partial charge in [0.1, 0.15) is 12.4 Å². The summed E-state index contributed by atoms with van der Waals surface area (Å²) >= 11 is 0. The second-order valence-corrected chi connectivity index (χ2v) is 2.98. The number of hydrogen-bond acceptors (Lipinski definition) is 3. The van der Waals surface area contributed by atoms with Gasteiger partial charge in [-0.25, -0.2) is 0 Å². The van der Waals surface area contributed by atoms with Crippen molar-refractivity contribution < 1.29 is 14.3 Å². The van der Waals surface area contributed by atoms with E-state index in [9.17, 15) is 0 Å². The summed E-state index contributed by atoms with van der Waals surface area (Å²) < 4.78 is 10.8. The number of aliphatic hydroxyl groups is 1. The van der Waals surface area contributed by atoms with Crippen molar-refractivity contribution in [3.63, 3.8) is 0 Å². The summed E-state index contributed by atoms with van der Waals surface area (Å²) in [6, 6.07) is 7.51. The lowest BCUT2D eigenvalue weighted by Gasteiger charge is -2.01. The molecule has 14 heavy (non-hydrogen) atoms. The number of hydrogen-bond donors (Lipinski definition) is 1. The van der Waals surface area contributed by atoms with E-state index in [-0.39, 0.29) is 6.61 Å². The van der Waals surface area contributed by atoms with Crippen LogP contribution in [0.1, 0.15) is 12.7 Å². The lowest BCUT2D eigenvalue weighted by Crippen LogP contribution is -1.90. The first-order valence-electron chi connectivity index (χ1n) is 4.60. The fraction of sp³-hybridized carbons (Fsp3) is 0.273. The number of para-hydroxylation sites is 1. The van der Waals surface area contributed by atoms with Gasteiger partial charge in [0, 0.05) is 5.39 Å². The molecule has 2 aromatic rings. The Hall–Kier alpha value is -1.48. The number of benzene rings is 1. The van der Waals surface area contributed by atoms with E-state index in [0.717, 1.165) is 11.1 Å². The van der Waals surface area contributed by atoms with Gasteiger partial charge in [0.15, 0.2) is 11.3 Å². The molecule has 3 heteroatoms. The van der Waals surface area contributed by atoms with Crippen LogP contribution in [0.15, 0.2) is 28.7 Å². The molecule has 1 heterocycles. The summed E-state index contributed by atoms with van der Waals surface area (Å²) in [5, 5.41) is 9.88. The Kier molecular flexibility index (Phi) is 2.41. The first kappa shape index (κ1) is 9.09. The van der Waals surface area contributed by atoms with Gasteiger partial charge >= 0.3 is 0 Å². The summed E-state index contributed by atoms with van der Waals surface area (Å²) in [6.45, 7) is 2.45. The zero-order valence-corrected chi connectivity index (χ0v) is 7.99. The molecule has 0 unspecified atom stereocenters. The van der Waals surface area contributed by atoms with Crippen molar-refractivity contribution in [2.75, 3.05) is 6.61 Å². The van der Waals surface area contributed by atoms with Crippen LogP contribution in [0.4, 0.5) is 0 Å². The van der Waals surface area contributed by atoms with Crippen LogP contribution in [0.5, 0.6) is 5.75 Å². The van der Waals surface area contributed by atoms with E-state index < -0.39 is 0 Å². The second-order valence-electron chi connectivity index (χ2n) is 2.98. The molecule has 2 rings (SSSR count). The molecule has 0 spiro atoms. The van der Waals surface area contributed by atoms with E-state index in [1.54, 1.807) is 0 Å². The number of rotatable bonds is 3. The van der Waals surface area contributed by atoms with Gasteiger partial charge < -0.3 is 14.3 Å². The van der Waals surface area contributed by atoms with Crippen molar-refractivity contribution in [3.8, 4) is 5.75 Å². The fourth-order valence-electron chi connectivity index (χ4n) is 1.44. The van der Waals surface area contributed by atoms with E-state index in [2.05, 4.69) is 0 Å². The lowest BCUT2D eigenvalue weighted by molar-refractivity contribution is 0.249. The van der Waals surface area contributed by atoms with Crippen molar-refractivity contribution in [1.82, 2.24) is 0 Å². The van der Waals surface area contributed by atoms with E-state index in [0.29, 0.717) is 18.0 Å². The highest BCUT2D eigenvalue weighted by Gasteiger charge is 2.07. The van der Waals surface area contributed by atoms with Gasteiger partial charge in [0.2, 0.25) is 0 Å². The van der Waals surface area contributed by atoms with Crippen LogP contribution in [-0.4, -0.2) is 11.7 Å². The van der Waals surface area contributed by atoms with Gasteiger partial charge in [-0.1, -0.05) is 12.1 Å². The normalized spacial score (nSPS) is 10.7. The minimum atomic E-state index is -0.0831. The second kappa shape index (κ2) is 3.72. The van der Waals surface area contributed by atoms with Crippen LogP contribution >= 0.6 is 0 Å². The highest BCUT2D eigenvalue weighted by Crippen LogP contribution is 2.28. The van der Waals surface area contributed by atoms with Crippen LogP contribution in [0.25, 0.3) is 11.0 Å². The first-order chi connectivity index (χ1) is 6.85. The number of ether oxygens (including phenoxy) is 1. The maximum Gasteiger partial charge on any atom is 0.176 e. The van der Waals surface area contributed by atoms with Gasteiger partial charge in [-0.05, 0) is 19.1 Å². The van der Waals surface area contributed by atoms with Gasteiger partial charge in [-0.3, -0.25) is 0 Å². The zero-order chi connectivity index (χ0) is 9.97. The van der Waals surface area contributed by atoms with Crippen molar-refractivity contribution in [1.29, 1.82) is 0 Å². The molecule has 0 amide bonds. The molecule has 0 saturated heterocycles. The van der Waals surface area contributed by atoms with E-state index >= 15 is 0 Å². The van der Waals surface area contributed by atoms with Crippen LogP contribution in [-0.2, 0) is 6.61 Å². The Morgan fingerprint density at radius 2 is 2.29 bits per heavy atom. The topological polar surface area (TPSA) is 42.6 Å². The molecule has 0 aliphatic rings. The average molecular weight is 192 g/mol. The van der Waals surface area contributed by atoms with Crippen molar-refractivity contribution in [2.45, 2.75) is 13.5 Å². The lowest BCUT2D eigenvalue weighted by atomic mass is 10.2. The third kappa shape index (κ3) is 1.46. The Balaban J connectivity index is 2.55. The standard InChI is InChI=1S/C11H12O3/c1-2-13-10-5-3-4-8-6-9(7-12)14-11(8)10/h3-6,12H,2,7H2,1H3. The Labute approximate surface area is 81.9 Å². The highest BCUT2D eigenvalue weighted by molar-refractivity contribution is 5.83. The molecule has 3 nitrogen and oxygen atoms in total. The van der Waals surface area contributed by atoms with Crippen molar-refractivity contribution in [3.05, 3.63) is 30.0 Å². The Morgan fingerprint density at radius 3 is 3.00 bits per heavy atom. The molecule has 74 valence electrons. The molecule has 0 bridgehead atoms. The monoisotopic (exact) mass is 192 g/mol. The predicted octanol–water partition coefficient (Wildman–Crippen LogP) is 2.32. The van der Waals surface area contributed by atoms with Crippen LogP contribution in [0.2, 0.25) is 0 Å². The third-order valence-corrected chi connectivity index (χ3v) is 2.01. The Morgan fingerprint density at radius 1 is 1.43 bits per heavy atom. The largest absolute Gasteiger partial charge is 0.490 e. The number of furan rings is 1. The van der Waals surface area contributed by atoms with Crippen LogP contribution in [0.3, 0.4) is 0 Å². The molecule has 0 saturated carbocycles. The SMILES string of the molecule is CCOc1cccc2cc(CO)oc12. The van der Waals surface area contributed by atoms with Crippen LogP contribution < -0.4 is 4.74 Å².